The van der Waals surface area contributed by atoms with Gasteiger partial charge in [0.05, 0.1) is 18.3 Å². The van der Waals surface area contributed by atoms with E-state index in [1.165, 1.54) is 12.1 Å². The molecule has 1 fully saturated rings. The van der Waals surface area contributed by atoms with Crippen LogP contribution in [0.15, 0.2) is 42.6 Å². The van der Waals surface area contributed by atoms with Gasteiger partial charge < -0.3 is 20.5 Å². The van der Waals surface area contributed by atoms with Crippen LogP contribution in [0.1, 0.15) is 18.5 Å². The number of ether oxygens (including phenoxy) is 2. The van der Waals surface area contributed by atoms with Crippen molar-refractivity contribution in [1.82, 2.24) is 10.3 Å². The van der Waals surface area contributed by atoms with Crippen molar-refractivity contribution in [3.05, 3.63) is 54.1 Å². The van der Waals surface area contributed by atoms with Crippen LogP contribution in [0, 0.1) is 5.82 Å². The number of nitrogens with two attached hydrogens (primary N) is 1. The molecule has 2 atom stereocenters. The van der Waals surface area contributed by atoms with E-state index in [2.05, 4.69) is 10.3 Å². The molecular weight excluding hydrogens is 325 g/mol. The van der Waals surface area contributed by atoms with Crippen molar-refractivity contribution < 1.29 is 18.7 Å². The smallest absolute Gasteiger partial charge is 0.249 e. The van der Waals surface area contributed by atoms with E-state index in [4.69, 9.17) is 15.2 Å². The van der Waals surface area contributed by atoms with Crippen LogP contribution >= 0.6 is 0 Å². The molecule has 1 aliphatic rings. The second-order valence-electron chi connectivity index (χ2n) is 5.82. The molecular formula is C18H20FN3O3. The summed E-state index contributed by atoms with van der Waals surface area (Å²) in [5.41, 5.74) is 6.20. The second kappa shape index (κ2) is 8.04. The maximum absolute atomic E-state index is 12.9. The zero-order valence-corrected chi connectivity index (χ0v) is 13.7. The Morgan fingerprint density at radius 1 is 1.28 bits per heavy atom. The van der Waals surface area contributed by atoms with Gasteiger partial charge in [-0.3, -0.25) is 9.78 Å². The lowest BCUT2D eigenvalue weighted by Crippen LogP contribution is -2.35. The Bertz CT molecular complexity index is 724. The Morgan fingerprint density at radius 2 is 2.08 bits per heavy atom. The Balaban J connectivity index is 1.55. The van der Waals surface area contributed by atoms with E-state index in [0.29, 0.717) is 30.2 Å². The number of halogens is 1. The van der Waals surface area contributed by atoms with E-state index < -0.39 is 6.10 Å². The number of nitrogens with zero attached hydrogens (tertiary/aromatic N) is 1. The van der Waals surface area contributed by atoms with E-state index in [9.17, 15) is 9.18 Å². The van der Waals surface area contributed by atoms with Gasteiger partial charge in [0.25, 0.3) is 0 Å². The number of hydrogen-bond donors (Lipinski definition) is 2. The zero-order valence-electron chi connectivity index (χ0n) is 13.7. The number of rotatable bonds is 6. The molecule has 1 aliphatic heterocycles. The van der Waals surface area contributed by atoms with Gasteiger partial charge in [-0.15, -0.1) is 0 Å². The summed E-state index contributed by atoms with van der Waals surface area (Å²) in [5.74, 6) is 0.597. The van der Waals surface area contributed by atoms with E-state index >= 15 is 0 Å². The van der Waals surface area contributed by atoms with Gasteiger partial charge in [-0.1, -0.05) is 0 Å². The molecule has 3 rings (SSSR count). The Kier molecular flexibility index (Phi) is 5.57. The van der Waals surface area contributed by atoms with E-state index in [1.54, 1.807) is 30.5 Å². The van der Waals surface area contributed by atoms with Gasteiger partial charge in [-0.2, -0.15) is 0 Å². The molecule has 1 aromatic carbocycles. The summed E-state index contributed by atoms with van der Waals surface area (Å²) in [6.45, 7) is 0.695. The van der Waals surface area contributed by atoms with Gasteiger partial charge in [-0.05, 0) is 43.2 Å². The average molecular weight is 345 g/mol. The van der Waals surface area contributed by atoms with Gasteiger partial charge in [0.15, 0.2) is 0 Å². The van der Waals surface area contributed by atoms with Crippen LogP contribution in [-0.4, -0.2) is 29.6 Å². The topological polar surface area (TPSA) is 86.5 Å². The number of pyridine rings is 1. The largest absolute Gasteiger partial charge is 0.457 e. The summed E-state index contributed by atoms with van der Waals surface area (Å²) < 4.78 is 24.1. The fraction of sp³-hybridized carbons (Fsp3) is 0.333. The Labute approximate surface area is 145 Å². The normalized spacial score (nSPS) is 19.6. The van der Waals surface area contributed by atoms with Crippen molar-refractivity contribution in [2.75, 3.05) is 6.54 Å². The number of amides is 1. The highest BCUT2D eigenvalue weighted by Gasteiger charge is 2.29. The first-order valence-electron chi connectivity index (χ1n) is 8.15. The molecule has 1 aromatic heterocycles. The first kappa shape index (κ1) is 17.3. The molecule has 0 saturated carbocycles. The number of aromatic nitrogens is 1. The lowest BCUT2D eigenvalue weighted by atomic mass is 10.2. The van der Waals surface area contributed by atoms with Crippen LogP contribution in [0.4, 0.5) is 4.39 Å². The van der Waals surface area contributed by atoms with Crippen LogP contribution in [0.5, 0.6) is 11.5 Å². The van der Waals surface area contributed by atoms with Crippen molar-refractivity contribution in [2.24, 2.45) is 5.73 Å². The molecule has 0 bridgehead atoms. The van der Waals surface area contributed by atoms with Gasteiger partial charge in [-0.25, -0.2) is 4.39 Å². The van der Waals surface area contributed by atoms with Crippen LogP contribution < -0.4 is 15.8 Å². The first-order chi connectivity index (χ1) is 12.1. The number of benzene rings is 1. The van der Waals surface area contributed by atoms with Crippen molar-refractivity contribution in [3.63, 3.8) is 0 Å². The maximum atomic E-state index is 12.9. The fourth-order valence-corrected chi connectivity index (χ4v) is 2.62. The summed E-state index contributed by atoms with van der Waals surface area (Å²) >= 11 is 0. The van der Waals surface area contributed by atoms with Crippen LogP contribution in [0.2, 0.25) is 0 Å². The van der Waals surface area contributed by atoms with Gasteiger partial charge >= 0.3 is 0 Å². The van der Waals surface area contributed by atoms with E-state index in [0.717, 1.165) is 6.42 Å². The monoisotopic (exact) mass is 345 g/mol. The SMILES string of the molecule is NC[C@H]1CC[C@@H](C(=O)NCc2cc(Oc3ccc(F)cc3)ccn2)O1. The lowest BCUT2D eigenvalue weighted by Gasteiger charge is -2.13. The Hall–Kier alpha value is -2.51. The van der Waals surface area contributed by atoms with Gasteiger partial charge in [0, 0.05) is 18.8 Å². The highest BCUT2D eigenvalue weighted by Crippen LogP contribution is 2.22. The predicted octanol–water partition coefficient (Wildman–Crippen LogP) is 2.14. The average Bonchev–Trinajstić information content (AvgIpc) is 3.11. The third-order valence-corrected chi connectivity index (χ3v) is 3.94. The summed E-state index contributed by atoms with van der Waals surface area (Å²) in [4.78, 5) is 16.3. The van der Waals surface area contributed by atoms with Crippen molar-refractivity contribution in [3.8, 4) is 11.5 Å². The molecule has 6 nitrogen and oxygen atoms in total. The molecule has 132 valence electrons. The van der Waals surface area contributed by atoms with E-state index in [1.807, 2.05) is 0 Å². The minimum absolute atomic E-state index is 0.0405. The summed E-state index contributed by atoms with van der Waals surface area (Å²) in [5, 5.41) is 2.81. The number of carbonyl (C=O) groups is 1. The first-order valence-corrected chi connectivity index (χ1v) is 8.15. The summed E-state index contributed by atoms with van der Waals surface area (Å²) in [6.07, 6.45) is 2.58. The standard InChI is InChI=1S/C18H20FN3O3/c19-12-1-3-14(4-2-12)24-15-7-8-21-13(9-15)11-22-18(23)17-6-5-16(10-20)25-17/h1-4,7-9,16-17H,5-6,10-11,20H2,(H,22,23)/t16-,17+/m1/s1. The zero-order chi connectivity index (χ0) is 17.6. The molecule has 2 heterocycles. The van der Waals surface area contributed by atoms with Crippen LogP contribution in [-0.2, 0) is 16.1 Å². The molecule has 0 aliphatic carbocycles. The molecule has 0 radical (unpaired) electrons. The lowest BCUT2D eigenvalue weighted by molar-refractivity contribution is -0.132. The van der Waals surface area contributed by atoms with Crippen molar-refractivity contribution >= 4 is 5.91 Å². The number of nitrogens with one attached hydrogen (secondary N) is 1. The quantitative estimate of drug-likeness (QED) is 0.838. The minimum Gasteiger partial charge on any atom is -0.457 e. The van der Waals surface area contributed by atoms with Crippen LogP contribution in [0.3, 0.4) is 0 Å². The Morgan fingerprint density at radius 3 is 2.80 bits per heavy atom. The van der Waals surface area contributed by atoms with E-state index in [-0.39, 0.29) is 24.4 Å². The summed E-state index contributed by atoms with van der Waals surface area (Å²) in [7, 11) is 0. The highest BCUT2D eigenvalue weighted by molar-refractivity contribution is 5.80. The number of carbonyl (C=O) groups excluding carboxylic acids is 1. The maximum Gasteiger partial charge on any atom is 0.249 e. The predicted molar refractivity (Wildman–Crippen MR) is 89.5 cm³/mol. The molecule has 2 aromatic rings. The molecule has 0 unspecified atom stereocenters. The van der Waals surface area contributed by atoms with Crippen LogP contribution in [0.25, 0.3) is 0 Å². The summed E-state index contributed by atoms with van der Waals surface area (Å²) in [6, 6.07) is 9.16. The van der Waals surface area contributed by atoms with Crippen molar-refractivity contribution in [1.29, 1.82) is 0 Å². The fourth-order valence-electron chi connectivity index (χ4n) is 2.62. The molecule has 0 spiro atoms. The molecule has 7 heteroatoms. The van der Waals surface area contributed by atoms with Gasteiger partial charge in [0.1, 0.15) is 23.4 Å². The third kappa shape index (κ3) is 4.74. The number of hydrogen-bond acceptors (Lipinski definition) is 5. The minimum atomic E-state index is -0.452. The molecule has 3 N–H and O–H groups in total. The molecule has 1 saturated heterocycles. The highest BCUT2D eigenvalue weighted by atomic mass is 19.1. The second-order valence-corrected chi connectivity index (χ2v) is 5.82. The molecule has 25 heavy (non-hydrogen) atoms. The molecule has 1 amide bonds. The van der Waals surface area contributed by atoms with Gasteiger partial charge in [0.2, 0.25) is 5.91 Å². The third-order valence-electron chi connectivity index (χ3n) is 3.94. The van der Waals surface area contributed by atoms with Crippen molar-refractivity contribution in [2.45, 2.75) is 31.6 Å².